The molecule has 0 spiro atoms. The number of hydrogen-bond donors (Lipinski definition) is 7. The molecule has 1 aromatic rings. The number of aliphatic hydroxyl groups is 2. The van der Waals surface area contributed by atoms with Crippen molar-refractivity contribution in [3.05, 3.63) is 32.6 Å². The summed E-state index contributed by atoms with van der Waals surface area (Å²) in [6, 6.07) is 0. The normalized spacial score (nSPS) is 29.5. The van der Waals surface area contributed by atoms with Crippen molar-refractivity contribution >= 4 is 23.5 Å². The van der Waals surface area contributed by atoms with Crippen LogP contribution in [-0.2, 0) is 38.1 Å². The number of H-pyrrole nitrogens is 1. The minimum absolute atomic E-state index is 0.206. The number of nitrogens with zero attached hydrogens (tertiary/aromatic N) is 1. The number of rotatable bonds is 10. The SMILES string of the molecule is O=c1[nH]c(=O)n(CC2CC2)cc1[C@@H]1O[C@H](COP(=O)(O)OP(=O)(O)OP(=O)(O)O)[C@@H](O)[C@H]1O. The van der Waals surface area contributed by atoms with Crippen LogP contribution < -0.4 is 11.2 Å². The summed E-state index contributed by atoms with van der Waals surface area (Å²) in [4.78, 5) is 61.9. The summed E-state index contributed by atoms with van der Waals surface area (Å²) < 4.78 is 51.8. The maximum absolute atomic E-state index is 12.2. The minimum atomic E-state index is -5.74. The average molecular weight is 538 g/mol. The topological polar surface area (TPSA) is 264 Å². The van der Waals surface area contributed by atoms with E-state index < -0.39 is 65.7 Å². The van der Waals surface area contributed by atoms with Crippen LogP contribution in [0.4, 0.5) is 0 Å². The predicted molar refractivity (Wildman–Crippen MR) is 103 cm³/mol. The van der Waals surface area contributed by atoms with Crippen LogP contribution >= 0.6 is 23.5 Å². The summed E-state index contributed by atoms with van der Waals surface area (Å²) in [7, 11) is -16.8. The molecule has 0 radical (unpaired) electrons. The highest BCUT2D eigenvalue weighted by Crippen LogP contribution is 2.66. The van der Waals surface area contributed by atoms with Gasteiger partial charge in [-0.05, 0) is 18.8 Å². The fourth-order valence-electron chi connectivity index (χ4n) is 3.06. The first-order valence-corrected chi connectivity index (χ1v) is 13.7. The third kappa shape index (κ3) is 7.23. The molecule has 7 N–H and O–H groups in total. The number of phosphoric ester groups is 1. The highest BCUT2D eigenvalue weighted by molar-refractivity contribution is 7.66. The van der Waals surface area contributed by atoms with Gasteiger partial charge in [0.15, 0.2) is 0 Å². The zero-order valence-electron chi connectivity index (χ0n) is 16.4. The fraction of sp³-hybridized carbons (Fsp3) is 0.692. The number of aromatic nitrogens is 2. The van der Waals surface area contributed by atoms with E-state index in [1.165, 1.54) is 10.8 Å². The van der Waals surface area contributed by atoms with Crippen molar-refractivity contribution in [2.75, 3.05) is 6.61 Å². The molecule has 2 heterocycles. The quantitative estimate of drug-likeness (QED) is 0.166. The lowest BCUT2D eigenvalue weighted by Gasteiger charge is -2.19. The molecule has 2 aliphatic rings. The van der Waals surface area contributed by atoms with Gasteiger partial charge in [-0.2, -0.15) is 8.62 Å². The number of hydrogen-bond acceptors (Lipinski definition) is 11. The van der Waals surface area contributed by atoms with Gasteiger partial charge in [0, 0.05) is 12.7 Å². The lowest BCUT2D eigenvalue weighted by Crippen LogP contribution is -2.36. The second-order valence-corrected chi connectivity index (χ2v) is 11.8. The van der Waals surface area contributed by atoms with Gasteiger partial charge in [0.05, 0.1) is 12.2 Å². The van der Waals surface area contributed by atoms with Crippen LogP contribution in [0.15, 0.2) is 15.8 Å². The first kappa shape index (κ1) is 26.6. The first-order valence-electron chi connectivity index (χ1n) is 9.20. The van der Waals surface area contributed by atoms with Gasteiger partial charge in [-0.25, -0.2) is 18.5 Å². The van der Waals surface area contributed by atoms with Gasteiger partial charge in [0.2, 0.25) is 0 Å². The Morgan fingerprint density at radius 3 is 2.24 bits per heavy atom. The second-order valence-electron chi connectivity index (χ2n) is 7.40. The molecule has 33 heavy (non-hydrogen) atoms. The van der Waals surface area contributed by atoms with Crippen LogP contribution in [-0.4, -0.2) is 64.3 Å². The Hall–Kier alpha value is -1.03. The summed E-state index contributed by atoms with van der Waals surface area (Å²) >= 11 is 0. The average Bonchev–Trinajstić information content (AvgIpc) is 3.40. The predicted octanol–water partition coefficient (Wildman–Crippen LogP) is -1.55. The zero-order valence-corrected chi connectivity index (χ0v) is 19.1. The molecule has 1 saturated carbocycles. The number of nitrogens with one attached hydrogen (secondary N) is 1. The highest BCUT2D eigenvalue weighted by Gasteiger charge is 2.47. The fourth-order valence-corrected chi connectivity index (χ4v) is 6.09. The number of phosphoric acid groups is 3. The van der Waals surface area contributed by atoms with Crippen molar-refractivity contribution in [3.63, 3.8) is 0 Å². The molecule has 17 nitrogen and oxygen atoms in total. The number of aromatic amines is 1. The van der Waals surface area contributed by atoms with Crippen LogP contribution in [0.3, 0.4) is 0 Å². The molecule has 0 amide bonds. The molecule has 2 fully saturated rings. The van der Waals surface area contributed by atoms with Gasteiger partial charge >= 0.3 is 29.2 Å². The maximum atomic E-state index is 12.2. The van der Waals surface area contributed by atoms with Gasteiger partial charge in [-0.1, -0.05) is 0 Å². The van der Waals surface area contributed by atoms with E-state index in [0.717, 1.165) is 12.8 Å². The largest absolute Gasteiger partial charge is 0.490 e. The Kier molecular flexibility index (Phi) is 7.69. The van der Waals surface area contributed by atoms with Gasteiger partial charge in [-0.15, -0.1) is 0 Å². The van der Waals surface area contributed by atoms with E-state index in [4.69, 9.17) is 19.4 Å². The van der Waals surface area contributed by atoms with E-state index in [1.54, 1.807) is 0 Å². The van der Waals surface area contributed by atoms with Crippen LogP contribution in [0.2, 0.25) is 0 Å². The van der Waals surface area contributed by atoms with Crippen LogP contribution in [0.1, 0.15) is 24.5 Å². The monoisotopic (exact) mass is 538 g/mol. The van der Waals surface area contributed by atoms with E-state index >= 15 is 0 Å². The molecule has 6 atom stereocenters. The Labute approximate surface area is 184 Å². The molecule has 0 bridgehead atoms. The molecule has 0 aromatic carbocycles. The lowest BCUT2D eigenvalue weighted by atomic mass is 10.0. The molecule has 1 aromatic heterocycles. The second kappa shape index (κ2) is 9.55. The van der Waals surface area contributed by atoms with Crippen molar-refractivity contribution in [1.82, 2.24) is 9.55 Å². The van der Waals surface area contributed by atoms with E-state index in [9.17, 15) is 38.4 Å². The molecule has 2 unspecified atom stereocenters. The third-order valence-electron chi connectivity index (χ3n) is 4.68. The molecule has 3 rings (SSSR count). The van der Waals surface area contributed by atoms with Crippen molar-refractivity contribution in [2.24, 2.45) is 5.92 Å². The zero-order chi connectivity index (χ0) is 24.8. The summed E-state index contributed by atoms with van der Waals surface area (Å²) in [5.41, 5.74) is -1.77. The van der Waals surface area contributed by atoms with Crippen molar-refractivity contribution in [1.29, 1.82) is 0 Å². The summed E-state index contributed by atoms with van der Waals surface area (Å²) in [6.07, 6.45) is -3.54. The van der Waals surface area contributed by atoms with E-state index in [2.05, 4.69) is 18.1 Å². The Morgan fingerprint density at radius 1 is 1.03 bits per heavy atom. The summed E-state index contributed by atoms with van der Waals surface area (Å²) in [5, 5.41) is 20.4. The number of ether oxygens (including phenoxy) is 1. The molecule has 188 valence electrons. The standard InChI is InChI=1S/C13H21N2O15P3/c16-9-8(5-27-32(23,24)30-33(25,26)29-31(20,21)22)28-11(10(9)17)7-4-15(3-6-1-2-6)13(19)14-12(7)18/h4,6,8-11,16-17H,1-3,5H2,(H,23,24)(H,25,26)(H,14,18,19)(H2,20,21,22)/t8-,9-,10-,11+/m1/s1. The molecule has 1 saturated heterocycles. The summed E-state index contributed by atoms with van der Waals surface area (Å²) in [6.45, 7) is -0.707. The number of aliphatic hydroxyl groups excluding tert-OH is 2. The molecule has 1 aliphatic heterocycles. The molecule has 1 aliphatic carbocycles. The third-order valence-corrected chi connectivity index (χ3v) is 8.48. The summed E-state index contributed by atoms with van der Waals surface area (Å²) in [5.74, 6) is 0.262. The minimum Gasteiger partial charge on any atom is -0.387 e. The van der Waals surface area contributed by atoms with Crippen molar-refractivity contribution in [3.8, 4) is 0 Å². The first-order chi connectivity index (χ1) is 15.1. The smallest absolute Gasteiger partial charge is 0.387 e. The van der Waals surface area contributed by atoms with Gasteiger partial charge < -0.3 is 34.5 Å². The van der Waals surface area contributed by atoms with E-state index in [-0.39, 0.29) is 11.5 Å². The molecular weight excluding hydrogens is 517 g/mol. The Morgan fingerprint density at radius 2 is 1.67 bits per heavy atom. The Balaban J connectivity index is 1.69. The maximum Gasteiger partial charge on any atom is 0.490 e. The lowest BCUT2D eigenvalue weighted by molar-refractivity contribution is -0.0228. The van der Waals surface area contributed by atoms with Gasteiger partial charge in [0.25, 0.3) is 5.56 Å². The van der Waals surface area contributed by atoms with E-state index in [1.807, 2.05) is 0 Å². The van der Waals surface area contributed by atoms with Gasteiger partial charge in [0.1, 0.15) is 24.4 Å². The van der Waals surface area contributed by atoms with Crippen molar-refractivity contribution in [2.45, 2.75) is 43.8 Å². The van der Waals surface area contributed by atoms with Crippen LogP contribution in [0.25, 0.3) is 0 Å². The molecular formula is C13H21N2O15P3. The van der Waals surface area contributed by atoms with Crippen LogP contribution in [0, 0.1) is 5.92 Å². The van der Waals surface area contributed by atoms with E-state index in [0.29, 0.717) is 6.54 Å². The molecule has 20 heteroatoms. The van der Waals surface area contributed by atoms with Crippen LogP contribution in [0.5, 0.6) is 0 Å². The Bertz CT molecular complexity index is 1140. The van der Waals surface area contributed by atoms with Gasteiger partial charge in [-0.3, -0.25) is 18.9 Å². The van der Waals surface area contributed by atoms with Crippen molar-refractivity contribution < 1.29 is 61.4 Å². The highest BCUT2D eigenvalue weighted by atomic mass is 31.3.